The Labute approximate surface area is 181 Å². The van der Waals surface area contributed by atoms with Gasteiger partial charge in [-0.05, 0) is 42.6 Å². The predicted octanol–water partition coefficient (Wildman–Crippen LogP) is 3.95. The Balaban J connectivity index is 1.99. The zero-order valence-corrected chi connectivity index (χ0v) is 17.8. The van der Waals surface area contributed by atoms with Crippen molar-refractivity contribution in [2.24, 2.45) is 5.73 Å². The second kappa shape index (κ2) is 9.18. The van der Waals surface area contributed by atoms with Crippen molar-refractivity contribution in [3.8, 4) is 6.07 Å². The topological polar surface area (TPSA) is 108 Å². The van der Waals surface area contributed by atoms with Crippen molar-refractivity contribution >= 4 is 52.2 Å². The quantitative estimate of drug-likeness (QED) is 0.625. The molecule has 1 aromatic heterocycles. The highest BCUT2D eigenvalue weighted by Gasteiger charge is 2.35. The summed E-state index contributed by atoms with van der Waals surface area (Å²) < 4.78 is 0. The molecule has 0 bridgehead atoms. The molecule has 2 aromatic rings. The molecule has 0 radical (unpaired) electrons. The molecule has 0 saturated carbocycles. The van der Waals surface area contributed by atoms with Crippen LogP contribution in [-0.4, -0.2) is 17.6 Å². The SMILES string of the molecule is CC1=C(C(=O)Nc2ccc(Cl)cc2)C(c2cccs2)C(C#N)=C(SCC(N)=O)N1. The summed E-state index contributed by atoms with van der Waals surface area (Å²) in [5.41, 5.74) is 7.29. The molecule has 2 amide bonds. The third-order valence-corrected chi connectivity index (χ3v) is 6.41. The molecule has 1 aliphatic rings. The highest BCUT2D eigenvalue weighted by Crippen LogP contribution is 2.42. The van der Waals surface area contributed by atoms with Crippen LogP contribution in [0.4, 0.5) is 5.69 Å². The molecule has 4 N–H and O–H groups in total. The van der Waals surface area contributed by atoms with E-state index in [2.05, 4.69) is 16.7 Å². The van der Waals surface area contributed by atoms with E-state index in [4.69, 9.17) is 17.3 Å². The fourth-order valence-corrected chi connectivity index (χ4v) is 4.74. The van der Waals surface area contributed by atoms with Crippen molar-refractivity contribution in [2.75, 3.05) is 11.1 Å². The van der Waals surface area contributed by atoms with Gasteiger partial charge in [-0.3, -0.25) is 9.59 Å². The number of benzene rings is 1. The fourth-order valence-electron chi connectivity index (χ4n) is 2.94. The number of rotatable bonds is 6. The molecular weight excluding hydrogens is 428 g/mol. The van der Waals surface area contributed by atoms with Crippen molar-refractivity contribution in [3.05, 3.63) is 73.6 Å². The van der Waals surface area contributed by atoms with Crippen LogP contribution in [0.5, 0.6) is 0 Å². The zero-order valence-electron chi connectivity index (χ0n) is 15.4. The lowest BCUT2D eigenvalue weighted by Crippen LogP contribution is -2.30. The molecule has 1 aromatic carbocycles. The number of amides is 2. The third kappa shape index (κ3) is 4.82. The molecule has 0 spiro atoms. The number of thiophene rings is 1. The van der Waals surface area contributed by atoms with E-state index in [1.165, 1.54) is 11.3 Å². The van der Waals surface area contributed by atoms with Crippen LogP contribution < -0.4 is 16.4 Å². The van der Waals surface area contributed by atoms with Gasteiger partial charge in [-0.2, -0.15) is 5.26 Å². The Morgan fingerprint density at radius 1 is 1.34 bits per heavy atom. The lowest BCUT2D eigenvalue weighted by Gasteiger charge is -2.29. The van der Waals surface area contributed by atoms with Gasteiger partial charge in [-0.15, -0.1) is 11.3 Å². The summed E-state index contributed by atoms with van der Waals surface area (Å²) in [6, 6.07) is 12.8. The van der Waals surface area contributed by atoms with E-state index in [1.807, 2.05) is 17.5 Å². The average Bonchev–Trinajstić information content (AvgIpc) is 3.21. The first kappa shape index (κ1) is 21.0. The van der Waals surface area contributed by atoms with Crippen molar-refractivity contribution in [1.29, 1.82) is 5.26 Å². The molecule has 1 aliphatic heterocycles. The second-order valence-corrected chi connectivity index (χ2v) is 8.58. The normalized spacial score (nSPS) is 16.2. The Kier molecular flexibility index (Phi) is 6.64. The van der Waals surface area contributed by atoms with E-state index in [0.717, 1.165) is 16.6 Å². The van der Waals surface area contributed by atoms with Gasteiger partial charge in [0.25, 0.3) is 5.91 Å². The molecule has 6 nitrogen and oxygen atoms in total. The molecule has 0 saturated heterocycles. The summed E-state index contributed by atoms with van der Waals surface area (Å²) >= 11 is 8.53. The lowest BCUT2D eigenvalue weighted by atomic mass is 9.86. The first-order valence-corrected chi connectivity index (χ1v) is 10.8. The van der Waals surface area contributed by atoms with Gasteiger partial charge in [-0.25, -0.2) is 0 Å². The number of hydrogen-bond acceptors (Lipinski definition) is 6. The van der Waals surface area contributed by atoms with E-state index >= 15 is 0 Å². The summed E-state index contributed by atoms with van der Waals surface area (Å²) in [7, 11) is 0. The molecule has 0 aliphatic carbocycles. The Bertz CT molecular complexity index is 1040. The van der Waals surface area contributed by atoms with Crippen LogP contribution in [0.15, 0.2) is 63.7 Å². The predicted molar refractivity (Wildman–Crippen MR) is 117 cm³/mol. The van der Waals surface area contributed by atoms with E-state index in [1.54, 1.807) is 31.2 Å². The van der Waals surface area contributed by atoms with Crippen molar-refractivity contribution in [3.63, 3.8) is 0 Å². The van der Waals surface area contributed by atoms with Crippen LogP contribution in [0.3, 0.4) is 0 Å². The van der Waals surface area contributed by atoms with E-state index in [0.29, 0.717) is 32.6 Å². The third-order valence-electron chi connectivity index (χ3n) is 4.18. The summed E-state index contributed by atoms with van der Waals surface area (Å²) in [5, 5.41) is 18.8. The van der Waals surface area contributed by atoms with Crippen LogP contribution in [0.1, 0.15) is 17.7 Å². The molecule has 0 fully saturated rings. The number of halogens is 1. The second-order valence-electron chi connectivity index (χ2n) is 6.18. The molecule has 1 unspecified atom stereocenters. The minimum absolute atomic E-state index is 0.0320. The number of carbonyl (C=O) groups is 2. The first-order chi connectivity index (χ1) is 13.9. The summed E-state index contributed by atoms with van der Waals surface area (Å²) in [6.45, 7) is 1.77. The van der Waals surface area contributed by atoms with Crippen LogP contribution in [0.25, 0.3) is 0 Å². The molecule has 1 atom stereocenters. The minimum Gasteiger partial charge on any atom is -0.369 e. The van der Waals surface area contributed by atoms with Crippen molar-refractivity contribution in [2.45, 2.75) is 12.8 Å². The molecule has 148 valence electrons. The number of primary amides is 1. The summed E-state index contributed by atoms with van der Waals surface area (Å²) in [6.07, 6.45) is 0. The molecule has 2 heterocycles. The van der Waals surface area contributed by atoms with E-state index in [9.17, 15) is 14.9 Å². The van der Waals surface area contributed by atoms with Gasteiger partial charge in [0.05, 0.1) is 28.3 Å². The molecule has 9 heteroatoms. The van der Waals surface area contributed by atoms with Gasteiger partial charge in [0.2, 0.25) is 5.91 Å². The average molecular weight is 445 g/mol. The maximum atomic E-state index is 13.2. The number of anilines is 1. The highest BCUT2D eigenvalue weighted by atomic mass is 35.5. The summed E-state index contributed by atoms with van der Waals surface area (Å²) in [5.74, 6) is -1.31. The van der Waals surface area contributed by atoms with Crippen LogP contribution in [0, 0.1) is 11.3 Å². The Morgan fingerprint density at radius 2 is 2.07 bits per heavy atom. The summed E-state index contributed by atoms with van der Waals surface area (Å²) in [4.78, 5) is 25.2. The maximum Gasteiger partial charge on any atom is 0.254 e. The fraction of sp³-hybridized carbons (Fsp3) is 0.150. The largest absolute Gasteiger partial charge is 0.369 e. The Hall–Kier alpha value is -2.73. The standard InChI is InChI=1S/C20H17ClN4O2S2/c1-11-17(19(27)25-13-6-4-12(21)5-7-13)18(15-3-2-8-28-15)14(9-22)20(24-11)29-10-16(23)26/h2-8,18,24H,10H2,1H3,(H2,23,26)(H,25,27). The van der Waals surface area contributed by atoms with Crippen LogP contribution in [0.2, 0.25) is 5.02 Å². The first-order valence-electron chi connectivity index (χ1n) is 8.54. The Morgan fingerprint density at radius 3 is 2.66 bits per heavy atom. The maximum absolute atomic E-state index is 13.2. The monoisotopic (exact) mass is 444 g/mol. The van der Waals surface area contributed by atoms with Crippen molar-refractivity contribution in [1.82, 2.24) is 5.32 Å². The lowest BCUT2D eigenvalue weighted by molar-refractivity contribution is -0.115. The number of allylic oxidation sites excluding steroid dienone is 2. The minimum atomic E-state index is -0.538. The van der Waals surface area contributed by atoms with Gasteiger partial charge in [0.1, 0.15) is 0 Å². The smallest absolute Gasteiger partial charge is 0.254 e. The molecular formula is C20H17ClN4O2S2. The number of nitrogens with zero attached hydrogens (tertiary/aromatic N) is 1. The number of nitriles is 1. The van der Waals surface area contributed by atoms with Gasteiger partial charge in [0, 0.05) is 26.9 Å². The van der Waals surface area contributed by atoms with Crippen LogP contribution >= 0.6 is 34.7 Å². The van der Waals surface area contributed by atoms with Gasteiger partial charge >= 0.3 is 0 Å². The highest BCUT2D eigenvalue weighted by molar-refractivity contribution is 8.03. The molecule has 3 rings (SSSR count). The van der Waals surface area contributed by atoms with Crippen LogP contribution in [-0.2, 0) is 9.59 Å². The molecule has 29 heavy (non-hydrogen) atoms. The number of thioether (sulfide) groups is 1. The van der Waals surface area contributed by atoms with Gasteiger partial charge < -0.3 is 16.4 Å². The number of dihydropyridines is 1. The van der Waals surface area contributed by atoms with Gasteiger partial charge in [0.15, 0.2) is 0 Å². The zero-order chi connectivity index (χ0) is 21.0. The van der Waals surface area contributed by atoms with Gasteiger partial charge in [-0.1, -0.05) is 29.4 Å². The number of hydrogen-bond donors (Lipinski definition) is 3. The van der Waals surface area contributed by atoms with E-state index < -0.39 is 11.8 Å². The van der Waals surface area contributed by atoms with Crippen molar-refractivity contribution < 1.29 is 9.59 Å². The number of carbonyl (C=O) groups excluding carboxylic acids is 2. The number of nitrogens with two attached hydrogens (primary N) is 1. The number of nitrogens with one attached hydrogen (secondary N) is 2. The van der Waals surface area contributed by atoms with E-state index in [-0.39, 0.29) is 11.7 Å².